The first-order valence-corrected chi connectivity index (χ1v) is 7.17. The van der Waals surface area contributed by atoms with Crippen molar-refractivity contribution in [2.45, 2.75) is 26.3 Å². The van der Waals surface area contributed by atoms with Gasteiger partial charge in [0.1, 0.15) is 11.5 Å². The molecule has 6 heteroatoms. The molecule has 116 valence electrons. The van der Waals surface area contributed by atoms with Crippen molar-refractivity contribution in [3.8, 4) is 0 Å². The van der Waals surface area contributed by atoms with Crippen LogP contribution in [0, 0.1) is 5.82 Å². The molecular formula is C16H19FN4O. The van der Waals surface area contributed by atoms with Crippen molar-refractivity contribution in [1.29, 1.82) is 0 Å². The average molecular weight is 302 g/mol. The van der Waals surface area contributed by atoms with Gasteiger partial charge in [0.2, 0.25) is 5.95 Å². The van der Waals surface area contributed by atoms with Crippen LogP contribution in [0.3, 0.4) is 0 Å². The highest BCUT2D eigenvalue weighted by Gasteiger charge is 2.09. The molecule has 0 saturated heterocycles. The number of carbonyl (C=O) groups is 1. The number of hydrogen-bond donors (Lipinski definition) is 2. The van der Waals surface area contributed by atoms with Gasteiger partial charge in [-0.2, -0.15) is 0 Å². The summed E-state index contributed by atoms with van der Waals surface area (Å²) in [5.41, 5.74) is 0.931. The molecule has 0 radical (unpaired) electrons. The molecule has 2 aromatic rings. The maximum atomic E-state index is 13.5. The van der Waals surface area contributed by atoms with Gasteiger partial charge in [-0.15, -0.1) is 0 Å². The van der Waals surface area contributed by atoms with Crippen LogP contribution in [-0.2, 0) is 6.42 Å². The van der Waals surface area contributed by atoms with Gasteiger partial charge in [-0.05, 0) is 38.0 Å². The van der Waals surface area contributed by atoms with E-state index < -0.39 is 0 Å². The van der Waals surface area contributed by atoms with Crippen molar-refractivity contribution in [3.63, 3.8) is 0 Å². The van der Waals surface area contributed by atoms with Crippen molar-refractivity contribution in [3.05, 3.63) is 53.6 Å². The van der Waals surface area contributed by atoms with Gasteiger partial charge in [0.25, 0.3) is 5.91 Å². The Morgan fingerprint density at radius 2 is 2.05 bits per heavy atom. The first kappa shape index (κ1) is 15.9. The molecule has 0 atom stereocenters. The molecule has 2 rings (SSSR count). The monoisotopic (exact) mass is 302 g/mol. The fraction of sp³-hybridized carbons (Fsp3) is 0.312. The number of aromatic nitrogens is 2. The summed E-state index contributed by atoms with van der Waals surface area (Å²) in [4.78, 5) is 20.1. The van der Waals surface area contributed by atoms with Crippen LogP contribution in [0.4, 0.5) is 10.3 Å². The summed E-state index contributed by atoms with van der Waals surface area (Å²) in [6, 6.07) is 8.23. The number of anilines is 1. The van der Waals surface area contributed by atoms with E-state index in [0.29, 0.717) is 30.2 Å². The molecule has 0 aliphatic heterocycles. The Bertz CT molecular complexity index is 646. The Balaban J connectivity index is 1.93. The molecule has 1 aromatic heterocycles. The molecule has 0 saturated carbocycles. The van der Waals surface area contributed by atoms with E-state index in [0.717, 1.165) is 0 Å². The van der Waals surface area contributed by atoms with Crippen LogP contribution in [0.15, 0.2) is 36.5 Å². The minimum atomic E-state index is -0.241. The third-order valence-electron chi connectivity index (χ3n) is 2.94. The van der Waals surface area contributed by atoms with Crippen LogP contribution in [0.1, 0.15) is 29.9 Å². The van der Waals surface area contributed by atoms with Crippen LogP contribution in [0.25, 0.3) is 0 Å². The van der Waals surface area contributed by atoms with Gasteiger partial charge in [-0.25, -0.2) is 14.4 Å². The maximum absolute atomic E-state index is 13.5. The van der Waals surface area contributed by atoms with Crippen molar-refractivity contribution in [2.24, 2.45) is 0 Å². The Labute approximate surface area is 129 Å². The van der Waals surface area contributed by atoms with Crippen LogP contribution < -0.4 is 10.6 Å². The Morgan fingerprint density at radius 3 is 2.77 bits per heavy atom. The van der Waals surface area contributed by atoms with Gasteiger partial charge < -0.3 is 10.6 Å². The van der Waals surface area contributed by atoms with E-state index in [1.54, 1.807) is 24.3 Å². The highest BCUT2D eigenvalue weighted by atomic mass is 19.1. The zero-order valence-electron chi connectivity index (χ0n) is 12.6. The predicted molar refractivity (Wildman–Crippen MR) is 83.2 cm³/mol. The molecule has 0 bridgehead atoms. The number of benzene rings is 1. The van der Waals surface area contributed by atoms with Crippen molar-refractivity contribution >= 4 is 11.9 Å². The molecule has 5 nitrogen and oxygen atoms in total. The van der Waals surface area contributed by atoms with Crippen molar-refractivity contribution in [2.75, 3.05) is 11.9 Å². The molecule has 1 amide bonds. The second kappa shape index (κ2) is 7.49. The number of nitrogens with one attached hydrogen (secondary N) is 2. The van der Waals surface area contributed by atoms with Gasteiger partial charge in [0.15, 0.2) is 0 Å². The lowest BCUT2D eigenvalue weighted by Crippen LogP contribution is -2.31. The molecule has 0 aliphatic carbocycles. The van der Waals surface area contributed by atoms with Gasteiger partial charge >= 0.3 is 0 Å². The molecule has 0 aliphatic rings. The summed E-state index contributed by atoms with van der Waals surface area (Å²) in [6.45, 7) is 4.25. The average Bonchev–Trinajstić information content (AvgIpc) is 2.49. The quantitative estimate of drug-likeness (QED) is 0.860. The molecule has 0 spiro atoms. The van der Waals surface area contributed by atoms with E-state index in [2.05, 4.69) is 20.6 Å². The Hall–Kier alpha value is -2.50. The third kappa shape index (κ3) is 4.51. The SMILES string of the molecule is CC(C)NC(=O)c1ccnc(NCCc2ccccc2F)n1. The predicted octanol–water partition coefficient (Wildman–Crippen LogP) is 2.41. The lowest BCUT2D eigenvalue weighted by Gasteiger charge is -2.09. The highest BCUT2D eigenvalue weighted by molar-refractivity contribution is 5.92. The molecule has 22 heavy (non-hydrogen) atoms. The molecular weight excluding hydrogens is 283 g/mol. The van der Waals surface area contributed by atoms with Crippen molar-refractivity contribution < 1.29 is 9.18 Å². The van der Waals surface area contributed by atoms with E-state index in [9.17, 15) is 9.18 Å². The van der Waals surface area contributed by atoms with E-state index in [1.165, 1.54) is 12.3 Å². The lowest BCUT2D eigenvalue weighted by molar-refractivity contribution is 0.0938. The number of nitrogens with zero attached hydrogens (tertiary/aromatic N) is 2. The van der Waals surface area contributed by atoms with Crippen LogP contribution >= 0.6 is 0 Å². The summed E-state index contributed by atoms with van der Waals surface area (Å²) in [5, 5.41) is 5.77. The molecule has 2 N–H and O–H groups in total. The molecule has 1 heterocycles. The standard InChI is InChI=1S/C16H19FN4O/c1-11(2)20-15(22)14-8-10-19-16(21-14)18-9-7-12-5-3-4-6-13(12)17/h3-6,8,10-11H,7,9H2,1-2H3,(H,20,22)(H,18,19,21). The molecule has 0 unspecified atom stereocenters. The van der Waals surface area contributed by atoms with Crippen LogP contribution in [0.5, 0.6) is 0 Å². The number of carbonyl (C=O) groups excluding carboxylic acids is 1. The minimum Gasteiger partial charge on any atom is -0.354 e. The van der Waals surface area contributed by atoms with E-state index in [1.807, 2.05) is 13.8 Å². The summed E-state index contributed by atoms with van der Waals surface area (Å²) in [5.74, 6) is -0.113. The lowest BCUT2D eigenvalue weighted by atomic mass is 10.1. The van der Waals surface area contributed by atoms with E-state index >= 15 is 0 Å². The van der Waals surface area contributed by atoms with Gasteiger partial charge in [0.05, 0.1) is 0 Å². The van der Waals surface area contributed by atoms with Crippen LogP contribution in [0.2, 0.25) is 0 Å². The summed E-state index contributed by atoms with van der Waals surface area (Å²) in [6.07, 6.45) is 2.03. The van der Waals surface area contributed by atoms with Gasteiger partial charge in [-0.1, -0.05) is 18.2 Å². The maximum Gasteiger partial charge on any atom is 0.270 e. The number of halogens is 1. The summed E-state index contributed by atoms with van der Waals surface area (Å²) < 4.78 is 13.5. The van der Waals surface area contributed by atoms with Crippen LogP contribution in [-0.4, -0.2) is 28.5 Å². The van der Waals surface area contributed by atoms with Gasteiger partial charge in [0, 0.05) is 18.8 Å². The normalized spacial score (nSPS) is 10.5. The van der Waals surface area contributed by atoms with E-state index in [-0.39, 0.29) is 17.8 Å². The number of amides is 1. The largest absolute Gasteiger partial charge is 0.354 e. The first-order chi connectivity index (χ1) is 10.6. The fourth-order valence-corrected chi connectivity index (χ4v) is 1.92. The summed E-state index contributed by atoms with van der Waals surface area (Å²) in [7, 11) is 0. The van der Waals surface area contributed by atoms with E-state index in [4.69, 9.17) is 0 Å². The first-order valence-electron chi connectivity index (χ1n) is 7.17. The number of hydrogen-bond acceptors (Lipinski definition) is 4. The van der Waals surface area contributed by atoms with Crippen molar-refractivity contribution in [1.82, 2.24) is 15.3 Å². The Kier molecular flexibility index (Phi) is 5.41. The highest BCUT2D eigenvalue weighted by Crippen LogP contribution is 2.07. The zero-order chi connectivity index (χ0) is 15.9. The summed E-state index contributed by atoms with van der Waals surface area (Å²) >= 11 is 0. The number of rotatable bonds is 6. The molecule has 0 fully saturated rings. The second-order valence-electron chi connectivity index (χ2n) is 5.16. The van der Waals surface area contributed by atoms with Gasteiger partial charge in [-0.3, -0.25) is 4.79 Å². The molecule has 1 aromatic carbocycles. The third-order valence-corrected chi connectivity index (χ3v) is 2.94. The second-order valence-corrected chi connectivity index (χ2v) is 5.16. The minimum absolute atomic E-state index is 0.0416. The fourth-order valence-electron chi connectivity index (χ4n) is 1.92. The zero-order valence-corrected chi connectivity index (χ0v) is 12.6. The Morgan fingerprint density at radius 1 is 1.27 bits per heavy atom. The topological polar surface area (TPSA) is 66.9 Å². The smallest absolute Gasteiger partial charge is 0.270 e.